The Morgan fingerprint density at radius 3 is 2.67 bits per heavy atom. The van der Waals surface area contributed by atoms with E-state index in [1.54, 1.807) is 7.11 Å². The fourth-order valence-corrected chi connectivity index (χ4v) is 5.27. The first kappa shape index (κ1) is 23.4. The van der Waals surface area contributed by atoms with Crippen LogP contribution in [0.2, 0.25) is 0 Å². The molecule has 2 atom stereocenters. The van der Waals surface area contributed by atoms with Crippen LogP contribution in [0.4, 0.5) is 0 Å². The van der Waals surface area contributed by atoms with Gasteiger partial charge in [0.15, 0.2) is 0 Å². The zero-order valence-electron chi connectivity index (χ0n) is 20.2. The molecule has 1 aliphatic carbocycles. The van der Waals surface area contributed by atoms with E-state index in [4.69, 9.17) is 15.2 Å². The highest BCUT2D eigenvalue weighted by molar-refractivity contribution is 6.05. The zero-order valence-corrected chi connectivity index (χ0v) is 20.2. The molecule has 5 heteroatoms. The standard InChI is InChI=1S/C28H36N2O3/c1-18-26(27(31)33-19(2)21-9-8-12-23(16-21)32-4)24-15-20(13-14-25(24)30-18)17-28(3,29)22-10-6-5-7-11-22/h8-9,12-16,19,22,30H,5-7,10-11,17,29H2,1-4H3. The van der Waals surface area contributed by atoms with Crippen molar-refractivity contribution in [3.63, 3.8) is 0 Å². The lowest BCUT2D eigenvalue weighted by Gasteiger charge is -2.37. The number of nitrogens with one attached hydrogen (secondary N) is 1. The fourth-order valence-electron chi connectivity index (χ4n) is 5.27. The Kier molecular flexibility index (Phi) is 6.80. The summed E-state index contributed by atoms with van der Waals surface area (Å²) in [5.41, 5.74) is 11.0. The number of rotatable bonds is 7. The average molecular weight is 449 g/mol. The first-order chi connectivity index (χ1) is 15.8. The quantitative estimate of drug-likeness (QED) is 0.419. The monoisotopic (exact) mass is 448 g/mol. The molecule has 0 amide bonds. The van der Waals surface area contributed by atoms with Gasteiger partial charge in [0.05, 0.1) is 12.7 Å². The van der Waals surface area contributed by atoms with Crippen LogP contribution in [-0.4, -0.2) is 23.6 Å². The van der Waals surface area contributed by atoms with Crippen LogP contribution < -0.4 is 10.5 Å². The number of methoxy groups -OCH3 is 1. The molecule has 1 saturated carbocycles. The summed E-state index contributed by atoms with van der Waals surface area (Å²) < 4.78 is 11.2. The zero-order chi connectivity index (χ0) is 23.6. The first-order valence-corrected chi connectivity index (χ1v) is 12.0. The molecule has 0 aliphatic heterocycles. The van der Waals surface area contributed by atoms with Crippen molar-refractivity contribution in [3.05, 3.63) is 64.8 Å². The first-order valence-electron chi connectivity index (χ1n) is 12.0. The van der Waals surface area contributed by atoms with Gasteiger partial charge in [-0.25, -0.2) is 4.79 Å². The molecule has 5 nitrogen and oxygen atoms in total. The van der Waals surface area contributed by atoms with Crippen LogP contribution in [0.1, 0.15) is 79.2 Å². The molecule has 1 fully saturated rings. The van der Waals surface area contributed by atoms with E-state index in [1.165, 1.54) is 32.1 Å². The minimum absolute atomic E-state index is 0.249. The van der Waals surface area contributed by atoms with Crippen molar-refractivity contribution < 1.29 is 14.3 Å². The average Bonchev–Trinajstić information content (AvgIpc) is 3.14. The van der Waals surface area contributed by atoms with Gasteiger partial charge in [0, 0.05) is 22.1 Å². The number of aromatic nitrogens is 1. The van der Waals surface area contributed by atoms with Crippen LogP contribution in [0.3, 0.4) is 0 Å². The topological polar surface area (TPSA) is 77.3 Å². The lowest BCUT2D eigenvalue weighted by molar-refractivity contribution is 0.0339. The van der Waals surface area contributed by atoms with Crippen LogP contribution in [0.25, 0.3) is 10.9 Å². The highest BCUT2D eigenvalue weighted by Crippen LogP contribution is 2.34. The molecule has 3 N–H and O–H groups in total. The van der Waals surface area contributed by atoms with Crippen molar-refractivity contribution >= 4 is 16.9 Å². The Bertz CT molecular complexity index is 1130. The van der Waals surface area contributed by atoms with Gasteiger partial charge in [0.1, 0.15) is 11.9 Å². The summed E-state index contributed by atoms with van der Waals surface area (Å²) in [6.45, 7) is 5.98. The fraction of sp³-hybridized carbons (Fsp3) is 0.464. The molecule has 1 heterocycles. The molecule has 2 unspecified atom stereocenters. The predicted molar refractivity (Wildman–Crippen MR) is 133 cm³/mol. The Labute approximate surface area is 196 Å². The summed E-state index contributed by atoms with van der Waals surface area (Å²) in [6, 6.07) is 13.9. The molecule has 0 spiro atoms. The van der Waals surface area contributed by atoms with Gasteiger partial charge in [0.25, 0.3) is 0 Å². The SMILES string of the molecule is COc1cccc(C(C)OC(=O)c2c(C)[nH]c3ccc(CC(C)(N)C4CCCCC4)cc23)c1. The van der Waals surface area contributed by atoms with Crippen LogP contribution in [0.15, 0.2) is 42.5 Å². The van der Waals surface area contributed by atoms with Gasteiger partial charge in [-0.05, 0) is 81.3 Å². The Morgan fingerprint density at radius 2 is 1.94 bits per heavy atom. The molecule has 0 saturated heterocycles. The molecular weight excluding hydrogens is 412 g/mol. The number of ether oxygens (including phenoxy) is 2. The van der Waals surface area contributed by atoms with Crippen molar-refractivity contribution in [2.75, 3.05) is 7.11 Å². The maximum Gasteiger partial charge on any atom is 0.341 e. The molecule has 33 heavy (non-hydrogen) atoms. The molecule has 0 bridgehead atoms. The molecule has 0 radical (unpaired) electrons. The molecule has 1 aromatic heterocycles. The second kappa shape index (κ2) is 9.60. The van der Waals surface area contributed by atoms with Gasteiger partial charge in [0.2, 0.25) is 0 Å². The number of aromatic amines is 1. The van der Waals surface area contributed by atoms with Crippen LogP contribution in [0.5, 0.6) is 5.75 Å². The predicted octanol–water partition coefficient (Wildman–Crippen LogP) is 6.24. The molecule has 2 aromatic carbocycles. The molecule has 176 valence electrons. The molecule has 3 aromatic rings. The maximum absolute atomic E-state index is 13.2. The minimum atomic E-state index is -0.390. The number of benzene rings is 2. The van der Waals surface area contributed by atoms with Gasteiger partial charge in [-0.3, -0.25) is 0 Å². The number of carbonyl (C=O) groups excluding carboxylic acids is 1. The third-order valence-electron chi connectivity index (χ3n) is 7.22. The Balaban J connectivity index is 1.57. The van der Waals surface area contributed by atoms with Gasteiger partial charge < -0.3 is 20.2 Å². The number of esters is 1. The van der Waals surface area contributed by atoms with Crippen molar-refractivity contribution in [2.45, 2.75) is 70.9 Å². The normalized spacial score (nSPS) is 17.5. The third kappa shape index (κ3) is 5.09. The highest BCUT2D eigenvalue weighted by atomic mass is 16.5. The van der Waals surface area contributed by atoms with Crippen LogP contribution in [0, 0.1) is 12.8 Å². The van der Waals surface area contributed by atoms with Gasteiger partial charge in [-0.1, -0.05) is 37.5 Å². The maximum atomic E-state index is 13.2. The van der Waals surface area contributed by atoms with Gasteiger partial charge in [-0.2, -0.15) is 0 Å². The van der Waals surface area contributed by atoms with Crippen molar-refractivity contribution in [1.82, 2.24) is 4.98 Å². The molecule has 4 rings (SSSR count). The van der Waals surface area contributed by atoms with E-state index in [1.807, 2.05) is 38.1 Å². The number of carbonyl (C=O) groups is 1. The number of H-pyrrole nitrogens is 1. The number of nitrogens with two attached hydrogens (primary N) is 1. The summed E-state index contributed by atoms with van der Waals surface area (Å²) in [7, 11) is 1.63. The van der Waals surface area contributed by atoms with E-state index >= 15 is 0 Å². The van der Waals surface area contributed by atoms with E-state index in [9.17, 15) is 4.79 Å². The lowest BCUT2D eigenvalue weighted by atomic mass is 9.73. The van der Waals surface area contributed by atoms with E-state index in [0.717, 1.165) is 39.9 Å². The number of fused-ring (bicyclic) bond motifs is 1. The van der Waals surface area contributed by atoms with Crippen LogP contribution >= 0.6 is 0 Å². The number of hydrogen-bond acceptors (Lipinski definition) is 4. The number of aryl methyl sites for hydroxylation is 1. The van der Waals surface area contributed by atoms with Crippen molar-refractivity contribution in [3.8, 4) is 5.75 Å². The third-order valence-corrected chi connectivity index (χ3v) is 7.22. The summed E-state index contributed by atoms with van der Waals surface area (Å²) in [4.78, 5) is 16.6. The molecular formula is C28H36N2O3. The van der Waals surface area contributed by atoms with Crippen molar-refractivity contribution in [1.29, 1.82) is 0 Å². The smallest absolute Gasteiger partial charge is 0.341 e. The Morgan fingerprint density at radius 1 is 1.18 bits per heavy atom. The second-order valence-corrected chi connectivity index (χ2v) is 9.85. The van der Waals surface area contributed by atoms with E-state index < -0.39 is 6.10 Å². The second-order valence-electron chi connectivity index (χ2n) is 9.85. The van der Waals surface area contributed by atoms with Gasteiger partial charge >= 0.3 is 5.97 Å². The Hall–Kier alpha value is -2.79. The number of hydrogen-bond donors (Lipinski definition) is 2. The van der Waals surface area contributed by atoms with Crippen LogP contribution in [-0.2, 0) is 11.2 Å². The van der Waals surface area contributed by atoms with E-state index in [2.05, 4.69) is 30.1 Å². The summed E-state index contributed by atoms with van der Waals surface area (Å²) in [6.07, 6.45) is 6.69. The van der Waals surface area contributed by atoms with E-state index in [0.29, 0.717) is 11.5 Å². The summed E-state index contributed by atoms with van der Waals surface area (Å²) in [5, 5.41) is 0.896. The van der Waals surface area contributed by atoms with Crippen molar-refractivity contribution in [2.24, 2.45) is 11.7 Å². The molecule has 1 aliphatic rings. The largest absolute Gasteiger partial charge is 0.497 e. The van der Waals surface area contributed by atoms with Gasteiger partial charge in [-0.15, -0.1) is 0 Å². The summed E-state index contributed by atoms with van der Waals surface area (Å²) in [5.74, 6) is 0.961. The minimum Gasteiger partial charge on any atom is -0.497 e. The summed E-state index contributed by atoms with van der Waals surface area (Å²) >= 11 is 0. The highest BCUT2D eigenvalue weighted by Gasteiger charge is 2.31. The lowest BCUT2D eigenvalue weighted by Crippen LogP contribution is -2.47. The van der Waals surface area contributed by atoms with E-state index in [-0.39, 0.29) is 11.5 Å².